The first-order valence-corrected chi connectivity index (χ1v) is 6.86. The lowest BCUT2D eigenvalue weighted by molar-refractivity contribution is 0.456. The fraction of sp³-hybridized carbons (Fsp3) is 0. The summed E-state index contributed by atoms with van der Waals surface area (Å²) in [5, 5.41) is 5.03. The highest BCUT2D eigenvalue weighted by atomic mass is 32.2. The molecule has 20 heavy (non-hydrogen) atoms. The quantitative estimate of drug-likeness (QED) is 0.847. The summed E-state index contributed by atoms with van der Waals surface area (Å²) in [6, 6.07) is 6.20. The van der Waals surface area contributed by atoms with Gasteiger partial charge in [0.1, 0.15) is 28.0 Å². The standard InChI is InChI=1S/C12H10F2N2O3S/c13-7-3-8(14)5-10(4-7)19-11-2-1-9(15)6-12(11)20(16,17)18/h1-6H,15H2,(H2,16,17,18). The summed E-state index contributed by atoms with van der Waals surface area (Å²) in [5.74, 6) is -2.08. The summed E-state index contributed by atoms with van der Waals surface area (Å²) >= 11 is 0. The SMILES string of the molecule is Nc1ccc(Oc2cc(F)cc(F)c2)c(S(N)(=O)=O)c1. The molecular formula is C12H10F2N2O3S. The van der Waals surface area contributed by atoms with Crippen molar-refractivity contribution in [3.63, 3.8) is 0 Å². The average Bonchev–Trinajstić information content (AvgIpc) is 2.28. The molecule has 4 N–H and O–H groups in total. The lowest BCUT2D eigenvalue weighted by Gasteiger charge is -2.10. The molecule has 0 unspecified atom stereocenters. The van der Waals surface area contributed by atoms with E-state index in [2.05, 4.69) is 0 Å². The number of rotatable bonds is 3. The van der Waals surface area contributed by atoms with Gasteiger partial charge in [-0.15, -0.1) is 0 Å². The Bertz CT molecular complexity index is 743. The normalized spacial score (nSPS) is 11.3. The number of nitrogen functional groups attached to an aromatic ring is 1. The van der Waals surface area contributed by atoms with Gasteiger partial charge in [-0.3, -0.25) is 0 Å². The molecule has 2 aromatic rings. The first kappa shape index (κ1) is 14.2. The van der Waals surface area contributed by atoms with Crippen LogP contribution in [0.15, 0.2) is 41.3 Å². The van der Waals surface area contributed by atoms with Crippen LogP contribution in [-0.2, 0) is 10.0 Å². The fourth-order valence-electron chi connectivity index (χ4n) is 1.55. The molecule has 106 valence electrons. The molecule has 0 amide bonds. The molecule has 0 heterocycles. The van der Waals surface area contributed by atoms with Gasteiger partial charge in [-0.2, -0.15) is 0 Å². The predicted octanol–water partition coefficient (Wildman–Crippen LogP) is 1.99. The van der Waals surface area contributed by atoms with Crippen molar-refractivity contribution < 1.29 is 21.9 Å². The Morgan fingerprint density at radius 2 is 1.60 bits per heavy atom. The Balaban J connectivity index is 2.48. The second kappa shape index (κ2) is 5.06. The van der Waals surface area contributed by atoms with Crippen LogP contribution in [0.3, 0.4) is 0 Å². The molecular weight excluding hydrogens is 290 g/mol. The van der Waals surface area contributed by atoms with Crippen LogP contribution >= 0.6 is 0 Å². The monoisotopic (exact) mass is 300 g/mol. The van der Waals surface area contributed by atoms with Crippen LogP contribution in [0.4, 0.5) is 14.5 Å². The van der Waals surface area contributed by atoms with E-state index in [1.165, 1.54) is 12.1 Å². The smallest absolute Gasteiger partial charge is 0.241 e. The maximum atomic E-state index is 13.0. The third kappa shape index (κ3) is 3.22. The van der Waals surface area contributed by atoms with E-state index in [9.17, 15) is 17.2 Å². The Morgan fingerprint density at radius 3 is 2.15 bits per heavy atom. The minimum atomic E-state index is -4.09. The lowest BCUT2D eigenvalue weighted by atomic mass is 10.3. The van der Waals surface area contributed by atoms with Gasteiger partial charge >= 0.3 is 0 Å². The third-order valence-electron chi connectivity index (χ3n) is 2.34. The molecule has 2 aromatic carbocycles. The molecule has 0 aliphatic carbocycles. The summed E-state index contributed by atoms with van der Waals surface area (Å²) in [4.78, 5) is -0.373. The third-order valence-corrected chi connectivity index (χ3v) is 3.27. The second-order valence-corrected chi connectivity index (χ2v) is 5.49. The number of benzene rings is 2. The summed E-state index contributed by atoms with van der Waals surface area (Å²) < 4.78 is 54.1. The van der Waals surface area contributed by atoms with Gasteiger partial charge in [0.15, 0.2) is 0 Å². The van der Waals surface area contributed by atoms with Crippen LogP contribution in [0.2, 0.25) is 0 Å². The van der Waals surface area contributed by atoms with E-state index >= 15 is 0 Å². The van der Waals surface area contributed by atoms with Gasteiger partial charge in [-0.1, -0.05) is 0 Å². The number of hydrogen-bond acceptors (Lipinski definition) is 4. The zero-order valence-corrected chi connectivity index (χ0v) is 10.8. The molecule has 0 bridgehead atoms. The van der Waals surface area contributed by atoms with Gasteiger partial charge in [-0.05, 0) is 18.2 Å². The van der Waals surface area contributed by atoms with Crippen LogP contribution < -0.4 is 15.6 Å². The minimum absolute atomic E-state index is 0.159. The Morgan fingerprint density at radius 1 is 1.00 bits per heavy atom. The summed E-state index contributed by atoms with van der Waals surface area (Å²) in [6.45, 7) is 0. The topological polar surface area (TPSA) is 95.4 Å². The summed E-state index contributed by atoms with van der Waals surface area (Å²) in [5.41, 5.74) is 5.63. The molecule has 2 rings (SSSR count). The van der Waals surface area contributed by atoms with E-state index in [1.54, 1.807) is 0 Å². The van der Waals surface area contributed by atoms with Crippen molar-refractivity contribution >= 4 is 15.7 Å². The first-order chi connectivity index (χ1) is 9.25. The highest BCUT2D eigenvalue weighted by molar-refractivity contribution is 7.89. The highest BCUT2D eigenvalue weighted by Gasteiger charge is 2.17. The van der Waals surface area contributed by atoms with Crippen molar-refractivity contribution in [3.8, 4) is 11.5 Å². The molecule has 0 spiro atoms. The highest BCUT2D eigenvalue weighted by Crippen LogP contribution is 2.30. The van der Waals surface area contributed by atoms with Crippen molar-refractivity contribution in [2.75, 3.05) is 5.73 Å². The number of sulfonamides is 1. The molecule has 0 saturated carbocycles. The molecule has 0 radical (unpaired) electrons. The largest absolute Gasteiger partial charge is 0.456 e. The van der Waals surface area contributed by atoms with E-state index in [4.69, 9.17) is 15.6 Å². The van der Waals surface area contributed by atoms with Gasteiger partial charge in [0.05, 0.1) is 0 Å². The lowest BCUT2D eigenvalue weighted by Crippen LogP contribution is -2.13. The predicted molar refractivity (Wildman–Crippen MR) is 68.7 cm³/mol. The van der Waals surface area contributed by atoms with E-state index in [-0.39, 0.29) is 22.1 Å². The van der Waals surface area contributed by atoms with Gasteiger partial charge in [0.25, 0.3) is 0 Å². The van der Waals surface area contributed by atoms with Crippen LogP contribution in [0.1, 0.15) is 0 Å². The number of halogens is 2. The van der Waals surface area contributed by atoms with Crippen molar-refractivity contribution in [2.24, 2.45) is 5.14 Å². The van der Waals surface area contributed by atoms with E-state index in [1.807, 2.05) is 0 Å². The molecule has 0 aromatic heterocycles. The second-order valence-electron chi connectivity index (χ2n) is 3.96. The molecule has 0 aliphatic rings. The number of hydrogen-bond donors (Lipinski definition) is 2. The Kier molecular flexibility index (Phi) is 3.60. The maximum absolute atomic E-state index is 13.0. The van der Waals surface area contributed by atoms with Crippen molar-refractivity contribution in [1.82, 2.24) is 0 Å². The van der Waals surface area contributed by atoms with Gasteiger partial charge < -0.3 is 10.5 Å². The van der Waals surface area contributed by atoms with Crippen LogP contribution in [0, 0.1) is 11.6 Å². The van der Waals surface area contributed by atoms with E-state index in [0.717, 1.165) is 18.2 Å². The van der Waals surface area contributed by atoms with Crippen molar-refractivity contribution in [2.45, 2.75) is 4.90 Å². The number of ether oxygens (including phenoxy) is 1. The molecule has 0 aliphatic heterocycles. The molecule has 0 fully saturated rings. The van der Waals surface area contributed by atoms with E-state index in [0.29, 0.717) is 6.07 Å². The fourth-order valence-corrected chi connectivity index (χ4v) is 2.24. The number of nitrogens with two attached hydrogens (primary N) is 2. The van der Waals surface area contributed by atoms with Crippen molar-refractivity contribution in [1.29, 1.82) is 0 Å². The molecule has 0 saturated heterocycles. The molecule has 8 heteroatoms. The van der Waals surface area contributed by atoms with E-state index < -0.39 is 21.7 Å². The average molecular weight is 300 g/mol. The van der Waals surface area contributed by atoms with Crippen LogP contribution in [0.25, 0.3) is 0 Å². The number of anilines is 1. The van der Waals surface area contributed by atoms with Gasteiger partial charge in [0.2, 0.25) is 10.0 Å². The van der Waals surface area contributed by atoms with Crippen LogP contribution in [-0.4, -0.2) is 8.42 Å². The summed E-state index contributed by atoms with van der Waals surface area (Å²) in [6.07, 6.45) is 0. The zero-order valence-electron chi connectivity index (χ0n) is 10.0. The molecule has 0 atom stereocenters. The summed E-state index contributed by atoms with van der Waals surface area (Å²) in [7, 11) is -4.09. The molecule has 5 nitrogen and oxygen atoms in total. The minimum Gasteiger partial charge on any atom is -0.456 e. The van der Waals surface area contributed by atoms with Crippen LogP contribution in [0.5, 0.6) is 11.5 Å². The first-order valence-electron chi connectivity index (χ1n) is 5.32. The van der Waals surface area contributed by atoms with Crippen molar-refractivity contribution in [3.05, 3.63) is 48.0 Å². The number of primary sulfonamides is 1. The Hall–Kier alpha value is -2.19. The Labute approximate surface area is 113 Å². The van der Waals surface area contributed by atoms with Gasteiger partial charge in [0, 0.05) is 23.9 Å². The van der Waals surface area contributed by atoms with Gasteiger partial charge in [-0.25, -0.2) is 22.3 Å². The zero-order chi connectivity index (χ0) is 14.9. The maximum Gasteiger partial charge on any atom is 0.241 e.